The fourth-order valence-corrected chi connectivity index (χ4v) is 1.98. The lowest BCUT2D eigenvalue weighted by atomic mass is 10.1. The van der Waals surface area contributed by atoms with E-state index < -0.39 is 4.99 Å². The van der Waals surface area contributed by atoms with Gasteiger partial charge in [-0.15, -0.1) is 10.2 Å². The summed E-state index contributed by atoms with van der Waals surface area (Å²) in [5.41, 5.74) is 1.92. The van der Waals surface area contributed by atoms with E-state index in [2.05, 4.69) is 20.7 Å². The van der Waals surface area contributed by atoms with Crippen LogP contribution in [0.1, 0.15) is 12.0 Å². The summed E-state index contributed by atoms with van der Waals surface area (Å²) < 4.78 is 0. The van der Waals surface area contributed by atoms with Crippen LogP contribution in [0.5, 0.6) is 0 Å². The zero-order valence-corrected chi connectivity index (χ0v) is 9.30. The molecule has 5 nitrogen and oxygen atoms in total. The quantitative estimate of drug-likeness (QED) is 0.735. The Morgan fingerprint density at radius 1 is 1.19 bits per heavy atom. The first kappa shape index (κ1) is 10.9. The Balaban J connectivity index is 2.00. The van der Waals surface area contributed by atoms with E-state index in [9.17, 15) is 4.79 Å². The third kappa shape index (κ3) is 2.52. The predicted molar refractivity (Wildman–Crippen MR) is 61.5 cm³/mol. The molecular weight excluding hydrogens is 224 g/mol. The maximum atomic E-state index is 10.5. The molecule has 2 rings (SSSR count). The number of carbonyl (C=O) groups excluding carboxylic acids is 1. The number of hydrogen-bond donors (Lipinski definition) is 0. The molecule has 0 fully saturated rings. The van der Waals surface area contributed by atoms with Crippen molar-refractivity contribution >= 4 is 17.4 Å². The van der Waals surface area contributed by atoms with Gasteiger partial charge in [-0.05, 0) is 34.2 Å². The zero-order chi connectivity index (χ0) is 11.3. The molecule has 1 aliphatic heterocycles. The molecule has 1 aromatic carbocycles. The van der Waals surface area contributed by atoms with Gasteiger partial charge >= 0.3 is 0 Å². The molecule has 16 heavy (non-hydrogen) atoms. The molecule has 0 aromatic heterocycles. The van der Waals surface area contributed by atoms with Gasteiger partial charge < -0.3 is 0 Å². The summed E-state index contributed by atoms with van der Waals surface area (Å²) >= 11 is 1.00. The highest BCUT2D eigenvalue weighted by Crippen LogP contribution is 2.35. The van der Waals surface area contributed by atoms with Crippen LogP contribution in [0, 0.1) is 0 Å². The van der Waals surface area contributed by atoms with Crippen molar-refractivity contribution in [3.8, 4) is 0 Å². The Morgan fingerprint density at radius 3 is 2.50 bits per heavy atom. The highest BCUT2D eigenvalue weighted by Gasteiger charge is 2.33. The van der Waals surface area contributed by atoms with E-state index in [-0.39, 0.29) is 0 Å². The Hall–Kier alpha value is -1.56. The molecule has 0 N–H and O–H groups in total. The van der Waals surface area contributed by atoms with Gasteiger partial charge in [0.15, 0.2) is 5.62 Å². The van der Waals surface area contributed by atoms with Crippen molar-refractivity contribution in [2.75, 3.05) is 0 Å². The lowest BCUT2D eigenvalue weighted by Gasteiger charge is -2.15. The molecule has 6 heteroatoms. The minimum absolute atomic E-state index is 0.618. The Kier molecular flexibility index (Phi) is 3.40. The highest BCUT2D eigenvalue weighted by molar-refractivity contribution is 8.13. The number of thioether (sulfide) groups is 1. The number of benzene rings is 1. The minimum Gasteiger partial charge on any atom is -0.291 e. The second-order valence-corrected chi connectivity index (χ2v) is 4.40. The van der Waals surface area contributed by atoms with Gasteiger partial charge in [0.1, 0.15) is 0 Å². The SMILES string of the molecule is O=CSC1(CCc2ccccc2)N=NN=N1. The largest absolute Gasteiger partial charge is 0.291 e. The zero-order valence-electron chi connectivity index (χ0n) is 8.48. The van der Waals surface area contributed by atoms with Crippen LogP contribution < -0.4 is 0 Å². The average molecular weight is 234 g/mol. The molecule has 0 radical (unpaired) electrons. The Labute approximate surface area is 97.0 Å². The molecule has 0 aliphatic carbocycles. The maximum absolute atomic E-state index is 10.5. The second-order valence-electron chi connectivity index (χ2n) is 3.32. The van der Waals surface area contributed by atoms with Crippen molar-refractivity contribution in [1.82, 2.24) is 0 Å². The third-order valence-electron chi connectivity index (χ3n) is 2.26. The van der Waals surface area contributed by atoms with E-state index in [1.165, 1.54) is 5.56 Å². The molecule has 1 aliphatic rings. The summed E-state index contributed by atoms with van der Waals surface area (Å²) in [7, 11) is 0. The first-order chi connectivity index (χ1) is 7.85. The van der Waals surface area contributed by atoms with E-state index >= 15 is 0 Å². The Bertz CT molecular complexity index is 406. The monoisotopic (exact) mass is 234 g/mol. The van der Waals surface area contributed by atoms with Gasteiger partial charge in [-0.3, -0.25) is 4.79 Å². The van der Waals surface area contributed by atoms with Crippen molar-refractivity contribution in [2.24, 2.45) is 20.7 Å². The van der Waals surface area contributed by atoms with Crippen LogP contribution in [0.3, 0.4) is 0 Å². The van der Waals surface area contributed by atoms with Gasteiger partial charge in [0, 0.05) is 6.42 Å². The van der Waals surface area contributed by atoms with Gasteiger partial charge in [-0.25, -0.2) is 0 Å². The average Bonchev–Trinajstić information content (AvgIpc) is 2.78. The third-order valence-corrected chi connectivity index (χ3v) is 3.10. The fraction of sp³-hybridized carbons (Fsp3) is 0.300. The lowest BCUT2D eigenvalue weighted by Crippen LogP contribution is -2.17. The molecule has 0 unspecified atom stereocenters. The van der Waals surface area contributed by atoms with Crippen LogP contribution in [-0.4, -0.2) is 10.6 Å². The molecule has 0 amide bonds. The van der Waals surface area contributed by atoms with E-state index in [0.717, 1.165) is 23.8 Å². The van der Waals surface area contributed by atoms with Crippen LogP contribution in [0.15, 0.2) is 51.0 Å². The van der Waals surface area contributed by atoms with Crippen LogP contribution >= 0.6 is 11.8 Å². The first-order valence-electron chi connectivity index (χ1n) is 4.84. The molecule has 0 bridgehead atoms. The van der Waals surface area contributed by atoms with E-state index in [1.54, 1.807) is 0 Å². The maximum Gasteiger partial charge on any atom is 0.247 e. The number of nitrogens with zero attached hydrogens (tertiary/aromatic N) is 4. The smallest absolute Gasteiger partial charge is 0.247 e. The van der Waals surface area contributed by atoms with Gasteiger partial charge in [0.2, 0.25) is 4.99 Å². The van der Waals surface area contributed by atoms with Crippen molar-refractivity contribution in [3.63, 3.8) is 0 Å². The van der Waals surface area contributed by atoms with Crippen LogP contribution in [-0.2, 0) is 11.2 Å². The number of hydrogen-bond acceptors (Lipinski definition) is 6. The summed E-state index contributed by atoms with van der Waals surface area (Å²) in [5.74, 6) is 0. The van der Waals surface area contributed by atoms with Gasteiger partial charge in [0.05, 0.1) is 0 Å². The summed E-state index contributed by atoms with van der Waals surface area (Å²) in [6.45, 7) is 0. The molecule has 1 heterocycles. The molecule has 82 valence electrons. The van der Waals surface area contributed by atoms with Crippen LogP contribution in [0.2, 0.25) is 0 Å². The summed E-state index contributed by atoms with van der Waals surface area (Å²) in [5, 5.41) is 14.7. The van der Waals surface area contributed by atoms with Gasteiger partial charge in [0.25, 0.3) is 0 Å². The molecule has 1 aromatic rings. The molecule has 0 atom stereocenters. The number of rotatable bonds is 5. The first-order valence-corrected chi connectivity index (χ1v) is 5.72. The van der Waals surface area contributed by atoms with Crippen molar-refractivity contribution in [3.05, 3.63) is 35.9 Å². The highest BCUT2D eigenvalue weighted by atomic mass is 32.2. The van der Waals surface area contributed by atoms with E-state index in [4.69, 9.17) is 0 Å². The topological polar surface area (TPSA) is 66.5 Å². The van der Waals surface area contributed by atoms with E-state index in [0.29, 0.717) is 6.42 Å². The molecule has 0 saturated heterocycles. The number of carbonyl (C=O) groups is 1. The fourth-order valence-electron chi connectivity index (χ4n) is 1.43. The van der Waals surface area contributed by atoms with Crippen molar-refractivity contribution in [1.29, 1.82) is 0 Å². The normalized spacial score (nSPS) is 16.5. The molecule has 0 spiro atoms. The van der Waals surface area contributed by atoms with Crippen molar-refractivity contribution in [2.45, 2.75) is 17.8 Å². The second kappa shape index (κ2) is 4.98. The van der Waals surface area contributed by atoms with Gasteiger partial charge in [-0.2, -0.15) is 0 Å². The van der Waals surface area contributed by atoms with Crippen LogP contribution in [0.25, 0.3) is 0 Å². The van der Waals surface area contributed by atoms with Crippen LogP contribution in [0.4, 0.5) is 0 Å². The number of aryl methyl sites for hydroxylation is 1. The molecular formula is C10H10N4OS. The standard InChI is InChI=1S/C10H10N4OS/c15-8-16-10(11-13-14-12-10)7-6-9-4-2-1-3-5-9/h1-5,8H,6-7H2. The molecule has 0 saturated carbocycles. The van der Waals surface area contributed by atoms with E-state index in [1.807, 2.05) is 30.3 Å². The lowest BCUT2D eigenvalue weighted by molar-refractivity contribution is 0.562. The van der Waals surface area contributed by atoms with Gasteiger partial charge in [-0.1, -0.05) is 30.3 Å². The van der Waals surface area contributed by atoms with Crippen molar-refractivity contribution < 1.29 is 4.79 Å². The summed E-state index contributed by atoms with van der Waals surface area (Å²) in [6, 6.07) is 9.98. The predicted octanol–water partition coefficient (Wildman–Crippen LogP) is 3.03. The minimum atomic E-state index is -0.836. The summed E-state index contributed by atoms with van der Waals surface area (Å²) in [6.07, 6.45) is 1.41. The summed E-state index contributed by atoms with van der Waals surface area (Å²) in [4.78, 5) is 9.70. The Morgan fingerprint density at radius 2 is 1.88 bits per heavy atom.